The number of amides is 1. The number of imidazole rings is 1. The molecule has 1 aromatic heterocycles. The maximum Gasteiger partial charge on any atom is 0.250 e. The first kappa shape index (κ1) is 21.7. The predicted molar refractivity (Wildman–Crippen MR) is 127 cm³/mol. The molecule has 0 saturated heterocycles. The lowest BCUT2D eigenvalue weighted by Gasteiger charge is -2.09. The smallest absolute Gasteiger partial charge is 0.250 e. The van der Waals surface area contributed by atoms with Crippen LogP contribution in [0.4, 0.5) is 0 Å². The van der Waals surface area contributed by atoms with Crippen molar-refractivity contribution < 1.29 is 15.0 Å². The van der Waals surface area contributed by atoms with Crippen LogP contribution in [0.15, 0.2) is 77.0 Å². The summed E-state index contributed by atoms with van der Waals surface area (Å²) in [4.78, 5) is 16.9. The summed E-state index contributed by atoms with van der Waals surface area (Å²) in [5.41, 5.74) is 5.71. The van der Waals surface area contributed by atoms with E-state index in [4.69, 9.17) is 11.6 Å². The number of thioether (sulfide) groups is 1. The van der Waals surface area contributed by atoms with Gasteiger partial charge in [0.25, 0.3) is 5.91 Å². The molecule has 9 heteroatoms. The van der Waals surface area contributed by atoms with E-state index in [2.05, 4.69) is 20.1 Å². The lowest BCUT2D eigenvalue weighted by molar-refractivity contribution is -0.118. The zero-order chi connectivity index (χ0) is 22.5. The Kier molecular flexibility index (Phi) is 6.63. The van der Waals surface area contributed by atoms with E-state index in [1.54, 1.807) is 0 Å². The Morgan fingerprint density at radius 2 is 1.91 bits per heavy atom. The highest BCUT2D eigenvalue weighted by molar-refractivity contribution is 7.99. The zero-order valence-electron chi connectivity index (χ0n) is 16.8. The van der Waals surface area contributed by atoms with Crippen molar-refractivity contribution in [3.05, 3.63) is 82.9 Å². The fourth-order valence-corrected chi connectivity index (χ4v) is 4.00. The van der Waals surface area contributed by atoms with E-state index in [1.165, 1.54) is 36.2 Å². The van der Waals surface area contributed by atoms with Crippen molar-refractivity contribution in [2.24, 2.45) is 5.10 Å². The van der Waals surface area contributed by atoms with Crippen LogP contribution in [-0.4, -0.2) is 37.6 Å². The Bertz CT molecular complexity index is 1290. The van der Waals surface area contributed by atoms with E-state index in [0.29, 0.717) is 17.1 Å². The van der Waals surface area contributed by atoms with E-state index < -0.39 is 0 Å². The van der Waals surface area contributed by atoms with Gasteiger partial charge in [-0.1, -0.05) is 47.6 Å². The molecule has 0 aliphatic carbocycles. The highest BCUT2D eigenvalue weighted by Crippen LogP contribution is 2.25. The number of phenols is 2. The number of aromatic hydroxyl groups is 2. The first-order valence-corrected chi connectivity index (χ1v) is 11.0. The highest BCUT2D eigenvalue weighted by Gasteiger charge is 2.13. The topological polar surface area (TPSA) is 99.7 Å². The summed E-state index contributed by atoms with van der Waals surface area (Å²) in [6.07, 6.45) is 1.31. The number of phenolic OH excluding ortho intramolecular Hbond substituents is 2. The number of rotatable bonds is 7. The van der Waals surface area contributed by atoms with Gasteiger partial charge in [0.1, 0.15) is 11.5 Å². The van der Waals surface area contributed by atoms with Gasteiger partial charge in [-0.15, -0.1) is 0 Å². The quantitative estimate of drug-likeness (QED) is 0.213. The monoisotopic (exact) mass is 466 g/mol. The standard InChI is InChI=1S/C23H19ClN4O3S/c24-17-8-5-15(6-9-17)13-28-20-4-2-1-3-19(20)26-23(28)32-14-22(31)27-25-12-16-7-10-18(29)11-21(16)30/h1-12,29-30H,13-14H2,(H,27,31)/b25-12+. The normalized spacial score (nSPS) is 11.3. The first-order chi connectivity index (χ1) is 15.5. The Hall–Kier alpha value is -3.49. The second kappa shape index (κ2) is 9.76. The van der Waals surface area contributed by atoms with Gasteiger partial charge < -0.3 is 14.8 Å². The largest absolute Gasteiger partial charge is 0.508 e. The number of hydrogen-bond donors (Lipinski definition) is 3. The predicted octanol–water partition coefficient (Wildman–Crippen LogP) is 4.39. The average molecular weight is 467 g/mol. The molecule has 1 heterocycles. The number of hydrazone groups is 1. The molecule has 7 nitrogen and oxygen atoms in total. The van der Waals surface area contributed by atoms with Gasteiger partial charge in [-0.3, -0.25) is 4.79 Å². The Labute approximate surface area is 193 Å². The number of carbonyl (C=O) groups excluding carboxylic acids is 1. The van der Waals surface area contributed by atoms with Crippen LogP contribution in [0.3, 0.4) is 0 Å². The number of nitrogens with one attached hydrogen (secondary N) is 1. The summed E-state index contributed by atoms with van der Waals surface area (Å²) in [5.74, 6) is -0.382. The minimum absolute atomic E-state index is 0.0541. The van der Waals surface area contributed by atoms with Crippen LogP contribution in [0.25, 0.3) is 11.0 Å². The van der Waals surface area contributed by atoms with Crippen LogP contribution in [-0.2, 0) is 11.3 Å². The fourth-order valence-electron chi connectivity index (χ4n) is 3.07. The number of halogens is 1. The number of benzene rings is 3. The van der Waals surface area contributed by atoms with Crippen LogP contribution in [0, 0.1) is 0 Å². The molecular formula is C23H19ClN4O3S. The van der Waals surface area contributed by atoms with Gasteiger partial charge >= 0.3 is 0 Å². The molecule has 162 valence electrons. The molecule has 1 amide bonds. The van der Waals surface area contributed by atoms with Crippen molar-refractivity contribution >= 4 is 46.5 Å². The Morgan fingerprint density at radius 3 is 2.69 bits per heavy atom. The second-order valence-corrected chi connectivity index (χ2v) is 8.30. The van der Waals surface area contributed by atoms with E-state index in [1.807, 2.05) is 48.5 Å². The van der Waals surface area contributed by atoms with Crippen LogP contribution < -0.4 is 5.43 Å². The summed E-state index contributed by atoms with van der Waals surface area (Å²) in [6.45, 7) is 0.597. The molecule has 0 bridgehead atoms. The van der Waals surface area contributed by atoms with Crippen molar-refractivity contribution in [2.75, 3.05) is 5.75 Å². The van der Waals surface area contributed by atoms with E-state index in [9.17, 15) is 15.0 Å². The molecule has 3 aromatic carbocycles. The van der Waals surface area contributed by atoms with E-state index in [0.717, 1.165) is 21.8 Å². The van der Waals surface area contributed by atoms with Crippen molar-refractivity contribution in [2.45, 2.75) is 11.7 Å². The van der Waals surface area contributed by atoms with Crippen molar-refractivity contribution in [3.8, 4) is 11.5 Å². The van der Waals surface area contributed by atoms with Gasteiger partial charge in [-0.05, 0) is 42.0 Å². The van der Waals surface area contributed by atoms with Gasteiger partial charge in [-0.25, -0.2) is 10.4 Å². The van der Waals surface area contributed by atoms with Crippen molar-refractivity contribution in [3.63, 3.8) is 0 Å². The molecule has 0 aliphatic rings. The molecular weight excluding hydrogens is 448 g/mol. The molecule has 4 rings (SSSR count). The van der Waals surface area contributed by atoms with Crippen LogP contribution in [0.5, 0.6) is 11.5 Å². The highest BCUT2D eigenvalue weighted by atomic mass is 35.5. The lowest BCUT2D eigenvalue weighted by atomic mass is 10.2. The Balaban J connectivity index is 1.44. The molecule has 0 fully saturated rings. The minimum atomic E-state index is -0.311. The summed E-state index contributed by atoms with van der Waals surface area (Å²) in [7, 11) is 0. The molecule has 0 unspecified atom stereocenters. The zero-order valence-corrected chi connectivity index (χ0v) is 18.3. The number of aromatic nitrogens is 2. The minimum Gasteiger partial charge on any atom is -0.508 e. The van der Waals surface area contributed by atoms with E-state index >= 15 is 0 Å². The maximum atomic E-state index is 12.3. The van der Waals surface area contributed by atoms with E-state index in [-0.39, 0.29) is 23.2 Å². The molecule has 0 saturated carbocycles. The number of fused-ring (bicyclic) bond motifs is 1. The second-order valence-electron chi connectivity index (χ2n) is 6.92. The summed E-state index contributed by atoms with van der Waals surface area (Å²) >= 11 is 7.31. The van der Waals surface area contributed by atoms with Gasteiger partial charge in [-0.2, -0.15) is 5.10 Å². The Morgan fingerprint density at radius 1 is 1.12 bits per heavy atom. The SMILES string of the molecule is O=C(CSc1nc2ccccc2n1Cc1ccc(Cl)cc1)N/N=C/c1ccc(O)cc1O. The third kappa shape index (κ3) is 5.22. The number of nitrogens with zero attached hydrogens (tertiary/aromatic N) is 3. The number of para-hydroxylation sites is 2. The molecule has 32 heavy (non-hydrogen) atoms. The molecule has 0 radical (unpaired) electrons. The number of hydrogen-bond acceptors (Lipinski definition) is 6. The molecule has 3 N–H and O–H groups in total. The van der Waals surface area contributed by atoms with Crippen LogP contribution in [0.1, 0.15) is 11.1 Å². The third-order valence-corrected chi connectivity index (χ3v) is 5.84. The van der Waals surface area contributed by atoms with Crippen LogP contribution in [0.2, 0.25) is 5.02 Å². The lowest BCUT2D eigenvalue weighted by Crippen LogP contribution is -2.20. The molecule has 0 spiro atoms. The van der Waals surface area contributed by atoms with Gasteiger partial charge in [0.2, 0.25) is 0 Å². The van der Waals surface area contributed by atoms with Crippen LogP contribution >= 0.6 is 23.4 Å². The number of carbonyl (C=O) groups is 1. The van der Waals surface area contributed by atoms with Crippen molar-refractivity contribution in [1.29, 1.82) is 0 Å². The molecule has 0 atom stereocenters. The van der Waals surface area contributed by atoms with Gasteiger partial charge in [0.05, 0.1) is 29.5 Å². The third-order valence-electron chi connectivity index (χ3n) is 4.61. The summed E-state index contributed by atoms with van der Waals surface area (Å²) in [5, 5.41) is 24.3. The molecule has 0 aliphatic heterocycles. The maximum absolute atomic E-state index is 12.3. The summed E-state index contributed by atoms with van der Waals surface area (Å²) in [6, 6.07) is 19.6. The average Bonchev–Trinajstić information content (AvgIpc) is 3.13. The fraction of sp³-hybridized carbons (Fsp3) is 0.0870. The molecule has 4 aromatic rings. The van der Waals surface area contributed by atoms with Gasteiger partial charge in [0, 0.05) is 16.7 Å². The summed E-state index contributed by atoms with van der Waals surface area (Å²) < 4.78 is 2.06. The first-order valence-electron chi connectivity index (χ1n) is 9.66. The van der Waals surface area contributed by atoms with Crippen molar-refractivity contribution in [1.82, 2.24) is 15.0 Å². The van der Waals surface area contributed by atoms with Gasteiger partial charge in [0.15, 0.2) is 5.16 Å².